The Morgan fingerprint density at radius 2 is 1.95 bits per heavy atom. The number of imidazole rings is 1. The van der Waals surface area contributed by atoms with E-state index in [4.69, 9.17) is 16.4 Å². The van der Waals surface area contributed by atoms with Gasteiger partial charge in [-0.3, -0.25) is 14.5 Å². The lowest BCUT2D eigenvalue weighted by Gasteiger charge is -2.34. The second kappa shape index (κ2) is 11.6. The van der Waals surface area contributed by atoms with Crippen LogP contribution in [0.1, 0.15) is 58.6 Å². The van der Waals surface area contributed by atoms with Crippen molar-refractivity contribution < 1.29 is 9.53 Å². The van der Waals surface area contributed by atoms with Crippen molar-refractivity contribution in [2.24, 2.45) is 7.05 Å². The lowest BCUT2D eigenvalue weighted by Crippen LogP contribution is -2.40. The number of rotatable bonds is 9. The fraction of sp³-hybridized carbons (Fsp3) is 0.387. The van der Waals surface area contributed by atoms with Crippen LogP contribution in [0.3, 0.4) is 0 Å². The quantitative estimate of drug-likeness (QED) is 0.277. The number of pyridine rings is 1. The molecule has 41 heavy (non-hydrogen) atoms. The molecule has 1 aliphatic heterocycles. The molecule has 0 radical (unpaired) electrons. The van der Waals surface area contributed by atoms with E-state index in [1.54, 1.807) is 12.3 Å². The molecule has 1 aliphatic rings. The summed E-state index contributed by atoms with van der Waals surface area (Å²) in [5.74, 6) is 1.38. The Bertz CT molecular complexity index is 1630. The van der Waals surface area contributed by atoms with E-state index in [1.165, 1.54) is 6.20 Å². The molecule has 0 aliphatic carbocycles. The van der Waals surface area contributed by atoms with E-state index in [-0.39, 0.29) is 11.9 Å². The average molecular weight is 553 g/mol. The fourth-order valence-corrected chi connectivity index (χ4v) is 5.51. The first-order chi connectivity index (χ1) is 19.7. The van der Waals surface area contributed by atoms with Crippen LogP contribution >= 0.6 is 0 Å². The summed E-state index contributed by atoms with van der Waals surface area (Å²) >= 11 is 0. The van der Waals surface area contributed by atoms with Crippen molar-refractivity contribution >= 4 is 11.6 Å². The van der Waals surface area contributed by atoms with Crippen LogP contribution in [0.5, 0.6) is 5.75 Å². The number of fused-ring (bicyclic) bond motifs is 1. The van der Waals surface area contributed by atoms with Crippen molar-refractivity contribution in [3.8, 4) is 17.0 Å². The number of carbonyl (C=O) groups excluding carboxylic acids is 1. The average Bonchev–Trinajstić information content (AvgIpc) is 3.52. The number of amides is 1. The minimum atomic E-state index is -0.291. The summed E-state index contributed by atoms with van der Waals surface area (Å²) in [5.41, 5.74) is 6.84. The molecule has 10 nitrogen and oxygen atoms in total. The van der Waals surface area contributed by atoms with E-state index in [0.717, 1.165) is 40.4 Å². The number of carbonyl (C=O) groups is 1. The molecule has 4 heterocycles. The van der Waals surface area contributed by atoms with Crippen molar-refractivity contribution in [3.05, 3.63) is 88.2 Å². The van der Waals surface area contributed by atoms with Gasteiger partial charge in [0.25, 0.3) is 5.91 Å². The predicted octanol–water partition coefficient (Wildman–Crippen LogP) is 4.81. The van der Waals surface area contributed by atoms with Gasteiger partial charge in [0.1, 0.15) is 11.6 Å². The molecule has 0 bridgehead atoms. The van der Waals surface area contributed by atoms with Crippen LogP contribution in [-0.4, -0.2) is 67.3 Å². The standard InChI is InChI=1S/C31H36N8O2/c1-8-41-30-16-27(34-17-28(30)32-4)20(2)39-11-9-24-25(29-15-23(19-36(5)6)35-37(29)7)13-22(14-26(24)31(39)40)18-38-12-10-33-21(38)3/h10,12-17,20H,8-9,11,18-19H2,1-3,5-7H3/t20-/m0/s1. The first-order valence-electron chi connectivity index (χ1n) is 13.8. The highest BCUT2D eigenvalue weighted by Gasteiger charge is 2.32. The van der Waals surface area contributed by atoms with Gasteiger partial charge in [0.2, 0.25) is 5.69 Å². The van der Waals surface area contributed by atoms with Crippen LogP contribution in [0.4, 0.5) is 5.69 Å². The van der Waals surface area contributed by atoms with Crippen molar-refractivity contribution in [2.45, 2.75) is 46.3 Å². The Morgan fingerprint density at radius 3 is 2.63 bits per heavy atom. The molecule has 1 atom stereocenters. The van der Waals surface area contributed by atoms with Gasteiger partial charge in [-0.25, -0.2) is 9.83 Å². The van der Waals surface area contributed by atoms with Crippen LogP contribution in [-0.2, 0) is 26.6 Å². The maximum Gasteiger partial charge on any atom is 0.254 e. The van der Waals surface area contributed by atoms with Gasteiger partial charge in [-0.05, 0) is 76.7 Å². The van der Waals surface area contributed by atoms with E-state index >= 15 is 0 Å². The van der Waals surface area contributed by atoms with Crippen LogP contribution in [0, 0.1) is 13.5 Å². The van der Waals surface area contributed by atoms with Gasteiger partial charge in [0.15, 0.2) is 0 Å². The molecule has 0 N–H and O–H groups in total. The Morgan fingerprint density at radius 1 is 1.17 bits per heavy atom. The Labute approximate surface area is 241 Å². The molecule has 0 saturated heterocycles. The minimum Gasteiger partial charge on any atom is -0.505 e. The smallest absolute Gasteiger partial charge is 0.254 e. The highest BCUT2D eigenvalue weighted by Crippen LogP contribution is 2.36. The molecule has 0 saturated carbocycles. The Balaban J connectivity index is 1.56. The summed E-state index contributed by atoms with van der Waals surface area (Å²) in [6, 6.07) is 7.84. The summed E-state index contributed by atoms with van der Waals surface area (Å²) in [6.45, 7) is 15.6. The van der Waals surface area contributed by atoms with Gasteiger partial charge in [-0.1, -0.05) is 0 Å². The second-order valence-electron chi connectivity index (χ2n) is 10.7. The number of hydrogen-bond donors (Lipinski definition) is 0. The summed E-state index contributed by atoms with van der Waals surface area (Å²) < 4.78 is 9.69. The van der Waals surface area contributed by atoms with Crippen molar-refractivity contribution in [2.75, 3.05) is 27.2 Å². The number of aromatic nitrogens is 5. The molecule has 0 spiro atoms. The lowest BCUT2D eigenvalue weighted by atomic mass is 9.89. The summed E-state index contributed by atoms with van der Waals surface area (Å²) in [5, 5.41) is 4.76. The predicted molar refractivity (Wildman–Crippen MR) is 157 cm³/mol. The largest absolute Gasteiger partial charge is 0.505 e. The van der Waals surface area contributed by atoms with Gasteiger partial charge >= 0.3 is 0 Å². The third-order valence-corrected chi connectivity index (χ3v) is 7.55. The molecule has 0 fully saturated rings. The lowest BCUT2D eigenvalue weighted by molar-refractivity contribution is 0.0669. The van der Waals surface area contributed by atoms with Gasteiger partial charge < -0.3 is 19.1 Å². The molecular weight excluding hydrogens is 516 g/mol. The molecule has 5 rings (SSSR count). The molecule has 1 aromatic carbocycles. The third-order valence-electron chi connectivity index (χ3n) is 7.55. The highest BCUT2D eigenvalue weighted by molar-refractivity contribution is 5.99. The van der Waals surface area contributed by atoms with E-state index in [9.17, 15) is 4.79 Å². The summed E-state index contributed by atoms with van der Waals surface area (Å²) in [4.78, 5) is 30.6. The number of ether oxygens (including phenoxy) is 1. The maximum absolute atomic E-state index is 14.2. The summed E-state index contributed by atoms with van der Waals surface area (Å²) in [6.07, 6.45) is 5.99. The molecule has 4 aromatic rings. The van der Waals surface area contributed by atoms with Gasteiger partial charge in [0.05, 0.1) is 36.3 Å². The molecule has 3 aromatic heterocycles. The van der Waals surface area contributed by atoms with Crippen LogP contribution in [0.2, 0.25) is 0 Å². The van der Waals surface area contributed by atoms with E-state index in [2.05, 4.69) is 36.4 Å². The zero-order valence-electron chi connectivity index (χ0n) is 24.5. The monoisotopic (exact) mass is 552 g/mol. The zero-order chi connectivity index (χ0) is 29.3. The number of nitrogens with zero attached hydrogens (tertiary/aromatic N) is 8. The van der Waals surface area contributed by atoms with Gasteiger partial charge in [-0.15, -0.1) is 0 Å². The van der Waals surface area contributed by atoms with Crippen LogP contribution in [0.25, 0.3) is 16.1 Å². The molecule has 10 heteroatoms. The maximum atomic E-state index is 14.2. The Kier molecular flexibility index (Phi) is 7.90. The number of benzene rings is 1. The number of aryl methyl sites for hydroxylation is 2. The van der Waals surface area contributed by atoms with E-state index in [0.29, 0.717) is 48.8 Å². The van der Waals surface area contributed by atoms with Gasteiger partial charge in [-0.2, -0.15) is 5.10 Å². The molecule has 1 amide bonds. The highest BCUT2D eigenvalue weighted by atomic mass is 16.5. The van der Waals surface area contributed by atoms with E-state index < -0.39 is 0 Å². The summed E-state index contributed by atoms with van der Waals surface area (Å²) in [7, 11) is 6.02. The first-order valence-corrected chi connectivity index (χ1v) is 13.8. The second-order valence-corrected chi connectivity index (χ2v) is 10.7. The first kappa shape index (κ1) is 28.1. The van der Waals surface area contributed by atoms with Crippen molar-refractivity contribution in [1.29, 1.82) is 0 Å². The Hall–Kier alpha value is -4.49. The molecule has 212 valence electrons. The zero-order valence-corrected chi connectivity index (χ0v) is 24.5. The SMILES string of the molecule is [C-]#[N+]c1cnc([C@H](C)N2CCc3c(cc(Cn4ccnc4C)cc3-c3cc(CN(C)C)nn3C)C2=O)cc1OCC. The number of hydrogen-bond acceptors (Lipinski definition) is 6. The fourth-order valence-electron chi connectivity index (χ4n) is 5.51. The minimum absolute atomic E-state index is 0.0334. The topological polar surface area (TPSA) is 85.7 Å². The van der Waals surface area contributed by atoms with Crippen molar-refractivity contribution in [1.82, 2.24) is 34.1 Å². The van der Waals surface area contributed by atoms with E-state index in [1.807, 2.05) is 63.8 Å². The third kappa shape index (κ3) is 5.58. The van der Waals surface area contributed by atoms with Crippen molar-refractivity contribution in [3.63, 3.8) is 0 Å². The van der Waals surface area contributed by atoms with Gasteiger partial charge in [0, 0.05) is 56.4 Å². The van der Waals surface area contributed by atoms with Crippen LogP contribution < -0.4 is 4.74 Å². The normalized spacial score (nSPS) is 13.8. The molecular formula is C31H36N8O2. The molecule has 0 unspecified atom stereocenters. The van der Waals surface area contributed by atoms with Crippen LogP contribution in [0.15, 0.2) is 42.9 Å².